The Bertz CT molecular complexity index is 2170. The summed E-state index contributed by atoms with van der Waals surface area (Å²) in [4.78, 5) is 16.0. The highest BCUT2D eigenvalue weighted by molar-refractivity contribution is 7.88. The van der Waals surface area contributed by atoms with Crippen molar-refractivity contribution in [2.24, 2.45) is 33.5 Å². The second kappa shape index (κ2) is 12.6. The van der Waals surface area contributed by atoms with E-state index in [4.69, 9.17) is 16.0 Å². The summed E-state index contributed by atoms with van der Waals surface area (Å²) in [6.45, 7) is 4.49. The predicted octanol–water partition coefficient (Wildman–Crippen LogP) is 8.96. The van der Waals surface area contributed by atoms with Gasteiger partial charge in [0.25, 0.3) is 0 Å². The first-order valence-corrected chi connectivity index (χ1v) is 21.7. The van der Waals surface area contributed by atoms with Gasteiger partial charge in [0.1, 0.15) is 5.76 Å². The zero-order valence-corrected chi connectivity index (χ0v) is 32.8. The normalized spacial score (nSPS) is 35.8. The molecule has 7 nitrogen and oxygen atoms in total. The largest absolute Gasteiger partial charge is 0.453 e. The minimum Gasteiger partial charge on any atom is -0.453 e. The molecule has 9 rings (SSSR count). The molecule has 2 bridgehead atoms. The molecule has 6 aliphatic carbocycles. The van der Waals surface area contributed by atoms with Crippen LogP contribution in [0.5, 0.6) is 0 Å². The van der Waals surface area contributed by atoms with Crippen molar-refractivity contribution in [1.82, 2.24) is 4.31 Å². The lowest BCUT2D eigenvalue weighted by Crippen LogP contribution is -2.67. The molecule has 54 heavy (non-hydrogen) atoms. The number of alkyl halides is 3. The molecule has 2 heterocycles. The van der Waals surface area contributed by atoms with Crippen molar-refractivity contribution in [3.05, 3.63) is 92.9 Å². The number of aliphatic hydroxyl groups excluding tert-OH is 1. The van der Waals surface area contributed by atoms with Crippen LogP contribution in [0, 0.1) is 33.5 Å². The van der Waals surface area contributed by atoms with Gasteiger partial charge in [0.15, 0.2) is 5.76 Å². The van der Waals surface area contributed by atoms with Gasteiger partial charge in [0, 0.05) is 45.3 Å². The van der Waals surface area contributed by atoms with Gasteiger partial charge in [-0.3, -0.25) is 4.79 Å². The molecule has 13 heteroatoms. The van der Waals surface area contributed by atoms with E-state index in [9.17, 15) is 36.6 Å². The molecule has 8 unspecified atom stereocenters. The van der Waals surface area contributed by atoms with Gasteiger partial charge in [-0.1, -0.05) is 49.7 Å². The zero-order valence-electron chi connectivity index (χ0n) is 30.5. The predicted molar refractivity (Wildman–Crippen MR) is 201 cm³/mol. The number of benzene rings is 1. The van der Waals surface area contributed by atoms with Crippen LogP contribution in [0.2, 0.25) is 5.02 Å². The SMILES string of the molecule is CC12CCC(O)CC13C=CC1(C(C(=O)c4ccc(-c5cc(C(F)(F)F)ccc5Cl)o4)=C3)C2CCC2(C)C1CCC2(O)CN(CCc1cccs1)S(C)(=O)=O. The highest BCUT2D eigenvalue weighted by atomic mass is 35.5. The standard InChI is InChI=1S/C41H45ClF3NO6S2/c1-36-14-10-26(47)22-38(36)17-18-40(29(23-38)35(48)32-9-8-31(52-32)28-21-25(41(43,44)45)6-7-30(28)42)33(36)11-15-37(2)34(40)12-16-39(37,49)24-46(54(3,50)51)19-13-27-5-4-20-53-27/h4-9,17-18,20-21,23,26,33-34,47,49H,10-16,19,22,24H2,1-3H3. The molecule has 0 saturated heterocycles. The lowest BCUT2D eigenvalue weighted by Gasteiger charge is -2.71. The average Bonchev–Trinajstić information content (AvgIpc) is 3.86. The molecule has 0 radical (unpaired) electrons. The molecule has 290 valence electrons. The van der Waals surface area contributed by atoms with Crippen LogP contribution in [0.15, 0.2) is 76.1 Å². The van der Waals surface area contributed by atoms with Crippen LogP contribution >= 0.6 is 22.9 Å². The number of rotatable bonds is 9. The van der Waals surface area contributed by atoms with Gasteiger partial charge >= 0.3 is 6.18 Å². The molecule has 3 saturated carbocycles. The van der Waals surface area contributed by atoms with Crippen LogP contribution < -0.4 is 0 Å². The van der Waals surface area contributed by atoms with Crippen LogP contribution in [0.25, 0.3) is 11.3 Å². The molecule has 1 aromatic carbocycles. The van der Waals surface area contributed by atoms with Gasteiger partial charge in [-0.2, -0.15) is 17.5 Å². The van der Waals surface area contributed by atoms with Gasteiger partial charge < -0.3 is 14.6 Å². The highest BCUT2D eigenvalue weighted by Gasteiger charge is 2.74. The maximum atomic E-state index is 15.0. The molecule has 2 spiro atoms. The van der Waals surface area contributed by atoms with Crippen molar-refractivity contribution >= 4 is 38.7 Å². The number of carbonyl (C=O) groups excluding carboxylic acids is 1. The van der Waals surface area contributed by atoms with E-state index in [0.717, 1.165) is 29.5 Å². The Kier molecular flexibility index (Phi) is 8.92. The fourth-order valence-corrected chi connectivity index (χ4v) is 13.3. The third-order valence-electron chi connectivity index (χ3n) is 14.4. The van der Waals surface area contributed by atoms with E-state index in [0.29, 0.717) is 50.5 Å². The van der Waals surface area contributed by atoms with E-state index in [-0.39, 0.29) is 52.4 Å². The average molecular weight is 804 g/mol. The van der Waals surface area contributed by atoms with Crippen molar-refractivity contribution in [2.45, 2.75) is 83.1 Å². The number of halogens is 4. The quantitative estimate of drug-likeness (QED) is 0.165. The fourth-order valence-electron chi connectivity index (χ4n) is 11.6. The maximum absolute atomic E-state index is 15.0. The van der Waals surface area contributed by atoms with E-state index in [1.165, 1.54) is 22.7 Å². The summed E-state index contributed by atoms with van der Waals surface area (Å²) in [7, 11) is -3.68. The number of Topliss-reactive ketones (excluding diaryl/α,β-unsaturated/α-hetero) is 1. The van der Waals surface area contributed by atoms with Gasteiger partial charge in [-0.15, -0.1) is 11.3 Å². The summed E-state index contributed by atoms with van der Waals surface area (Å²) in [6, 6.07) is 9.80. The first kappa shape index (κ1) is 38.1. The first-order valence-electron chi connectivity index (χ1n) is 18.6. The summed E-state index contributed by atoms with van der Waals surface area (Å²) in [5, 5.41) is 25.8. The molecule has 6 aliphatic rings. The van der Waals surface area contributed by atoms with Crippen LogP contribution in [0.4, 0.5) is 13.2 Å². The van der Waals surface area contributed by atoms with Crippen LogP contribution in [-0.2, 0) is 22.6 Å². The van der Waals surface area contributed by atoms with Gasteiger partial charge in [0.2, 0.25) is 15.8 Å². The number of hydrogen-bond donors (Lipinski definition) is 2. The zero-order chi connectivity index (χ0) is 38.7. The summed E-state index contributed by atoms with van der Waals surface area (Å²) in [6.07, 6.45) is 6.94. The van der Waals surface area contributed by atoms with Crippen LogP contribution in [0.1, 0.15) is 79.8 Å². The molecule has 3 aromatic rings. The van der Waals surface area contributed by atoms with Crippen molar-refractivity contribution < 1.29 is 41.0 Å². The first-order chi connectivity index (χ1) is 25.3. The molecule has 0 aliphatic heterocycles. The van der Waals surface area contributed by atoms with Crippen molar-refractivity contribution in [2.75, 3.05) is 19.3 Å². The summed E-state index contributed by atoms with van der Waals surface area (Å²) < 4.78 is 74.8. The third-order valence-corrected chi connectivity index (χ3v) is 17.0. The Balaban J connectivity index is 1.20. The number of nitrogens with zero attached hydrogens (tertiary/aromatic N) is 1. The Morgan fingerprint density at radius 1 is 1.04 bits per heavy atom. The number of allylic oxidation sites excluding steroid dienone is 4. The molecular formula is C41H45ClF3NO6S2. The number of aliphatic hydroxyl groups is 2. The minimum absolute atomic E-state index is 0.0165. The number of ketones is 1. The monoisotopic (exact) mass is 803 g/mol. The van der Waals surface area contributed by atoms with Crippen molar-refractivity contribution in [3.8, 4) is 11.3 Å². The molecule has 2 N–H and O–H groups in total. The molecule has 0 amide bonds. The smallest absolute Gasteiger partial charge is 0.416 e. The van der Waals surface area contributed by atoms with Gasteiger partial charge in [0.05, 0.1) is 28.5 Å². The molecule has 8 atom stereocenters. The minimum atomic E-state index is -4.60. The third kappa shape index (κ3) is 5.59. The second-order valence-electron chi connectivity index (χ2n) is 16.9. The van der Waals surface area contributed by atoms with E-state index in [2.05, 4.69) is 26.0 Å². The number of carbonyl (C=O) groups is 1. The fraction of sp³-hybridized carbons (Fsp3) is 0.537. The molecular weight excluding hydrogens is 759 g/mol. The lowest BCUT2D eigenvalue weighted by molar-refractivity contribution is -0.173. The maximum Gasteiger partial charge on any atom is 0.416 e. The van der Waals surface area contributed by atoms with Crippen molar-refractivity contribution in [1.29, 1.82) is 0 Å². The Hall–Kier alpha value is -2.74. The Labute approximate surface area is 322 Å². The van der Waals surface area contributed by atoms with Gasteiger partial charge in [-0.25, -0.2) is 8.42 Å². The second-order valence-corrected chi connectivity index (χ2v) is 20.3. The van der Waals surface area contributed by atoms with E-state index >= 15 is 0 Å². The number of fused-ring (bicyclic) bond motifs is 1. The van der Waals surface area contributed by atoms with Crippen molar-refractivity contribution in [3.63, 3.8) is 0 Å². The molecule has 2 aromatic heterocycles. The Morgan fingerprint density at radius 2 is 1.76 bits per heavy atom. The number of furan rings is 1. The van der Waals surface area contributed by atoms with Crippen LogP contribution in [-0.4, -0.2) is 59.8 Å². The van der Waals surface area contributed by atoms with E-state index in [1.54, 1.807) is 11.3 Å². The summed E-state index contributed by atoms with van der Waals surface area (Å²) >= 11 is 7.92. The molecule has 3 fully saturated rings. The van der Waals surface area contributed by atoms with E-state index < -0.39 is 55.5 Å². The summed E-state index contributed by atoms with van der Waals surface area (Å²) in [5.41, 5.74) is -4.28. The summed E-state index contributed by atoms with van der Waals surface area (Å²) in [5.74, 6) is -0.666. The lowest BCUT2D eigenvalue weighted by atomic mass is 9.32. The van der Waals surface area contributed by atoms with Gasteiger partial charge in [-0.05, 0) is 110 Å². The van der Waals surface area contributed by atoms with E-state index in [1.807, 2.05) is 23.6 Å². The number of sulfonamides is 1. The Morgan fingerprint density at radius 3 is 2.46 bits per heavy atom. The highest BCUT2D eigenvalue weighted by Crippen LogP contribution is 2.78. The number of thiophene rings is 1. The topological polar surface area (TPSA) is 108 Å². The van der Waals surface area contributed by atoms with Crippen LogP contribution in [0.3, 0.4) is 0 Å². The number of hydrogen-bond acceptors (Lipinski definition) is 7.